The van der Waals surface area contributed by atoms with Crippen molar-refractivity contribution in [1.29, 1.82) is 0 Å². The summed E-state index contributed by atoms with van der Waals surface area (Å²) in [6.07, 6.45) is 3.19. The molecule has 0 N–H and O–H groups in total. The maximum Gasteiger partial charge on any atom is 0.260 e. The summed E-state index contributed by atoms with van der Waals surface area (Å²) in [5.74, 6) is 0.864. The fraction of sp³-hybridized carbons (Fsp3) is 0.389. The van der Waals surface area contributed by atoms with Gasteiger partial charge in [0.1, 0.15) is 5.75 Å². The molecule has 22 heavy (non-hydrogen) atoms. The molecule has 1 aliphatic carbocycles. The molecule has 3 rings (SSSR count). The zero-order valence-electron chi connectivity index (χ0n) is 12.8. The van der Waals surface area contributed by atoms with Crippen molar-refractivity contribution in [2.24, 2.45) is 0 Å². The molecule has 1 aliphatic rings. The molecule has 1 aromatic heterocycles. The number of benzene rings is 1. The highest BCUT2D eigenvalue weighted by Gasteiger charge is 2.32. The average molecular weight is 315 g/mol. The Labute approximate surface area is 135 Å². The van der Waals surface area contributed by atoms with E-state index in [4.69, 9.17) is 4.74 Å². The highest BCUT2D eigenvalue weighted by atomic mass is 32.1. The van der Waals surface area contributed by atoms with E-state index in [9.17, 15) is 4.79 Å². The Balaban J connectivity index is 1.53. The van der Waals surface area contributed by atoms with Crippen LogP contribution in [-0.4, -0.2) is 30.0 Å². The number of carbonyl (C=O) groups excluding carboxylic acids is 1. The van der Waals surface area contributed by atoms with E-state index in [1.807, 2.05) is 36.1 Å². The number of nitrogens with zero attached hydrogens (tertiary/aromatic N) is 1. The number of hydrogen-bond donors (Lipinski definition) is 0. The van der Waals surface area contributed by atoms with Crippen molar-refractivity contribution < 1.29 is 9.53 Å². The van der Waals surface area contributed by atoms with Crippen molar-refractivity contribution in [3.8, 4) is 5.75 Å². The number of thiophene rings is 1. The fourth-order valence-electron chi connectivity index (χ4n) is 2.52. The Morgan fingerprint density at radius 1 is 1.32 bits per heavy atom. The van der Waals surface area contributed by atoms with E-state index in [1.165, 1.54) is 4.88 Å². The van der Waals surface area contributed by atoms with Gasteiger partial charge < -0.3 is 9.64 Å². The second-order valence-electron chi connectivity index (χ2n) is 5.75. The molecule has 0 spiro atoms. The fourth-order valence-corrected chi connectivity index (χ4v) is 3.21. The topological polar surface area (TPSA) is 29.5 Å². The lowest BCUT2D eigenvalue weighted by molar-refractivity contribution is -0.133. The predicted octanol–water partition coefficient (Wildman–Crippen LogP) is 3.67. The molecule has 1 fully saturated rings. The van der Waals surface area contributed by atoms with E-state index in [2.05, 4.69) is 17.5 Å². The van der Waals surface area contributed by atoms with Crippen LogP contribution in [0.3, 0.4) is 0 Å². The summed E-state index contributed by atoms with van der Waals surface area (Å²) in [7, 11) is 0. The van der Waals surface area contributed by atoms with Crippen LogP contribution in [0.25, 0.3) is 0 Å². The van der Waals surface area contributed by atoms with Crippen LogP contribution < -0.4 is 4.74 Å². The molecule has 2 aromatic rings. The minimum Gasteiger partial charge on any atom is -0.484 e. The Kier molecular flexibility index (Phi) is 4.78. The van der Waals surface area contributed by atoms with Crippen molar-refractivity contribution in [2.75, 3.05) is 13.2 Å². The molecule has 3 nitrogen and oxygen atoms in total. The van der Waals surface area contributed by atoms with Gasteiger partial charge in [0.2, 0.25) is 0 Å². The molecular formula is C18H21NO2S. The second-order valence-corrected chi connectivity index (χ2v) is 6.79. The van der Waals surface area contributed by atoms with Crippen LogP contribution in [0, 0.1) is 6.92 Å². The molecular weight excluding hydrogens is 294 g/mol. The molecule has 4 heteroatoms. The first-order valence-corrected chi connectivity index (χ1v) is 8.61. The van der Waals surface area contributed by atoms with Gasteiger partial charge in [0.05, 0.1) is 0 Å². The molecule has 0 atom stereocenters. The Hall–Kier alpha value is -1.81. The van der Waals surface area contributed by atoms with Gasteiger partial charge in [0.25, 0.3) is 5.91 Å². The third-order valence-electron chi connectivity index (χ3n) is 3.84. The van der Waals surface area contributed by atoms with E-state index < -0.39 is 0 Å². The van der Waals surface area contributed by atoms with Gasteiger partial charge in [0.15, 0.2) is 6.61 Å². The van der Waals surface area contributed by atoms with E-state index in [-0.39, 0.29) is 12.5 Å². The van der Waals surface area contributed by atoms with Gasteiger partial charge in [-0.2, -0.15) is 0 Å². The standard InChI is InChI=1S/C18H21NO2S/c1-14-4-2-5-16(12-14)21-13-18(20)19(15-7-8-15)10-9-17-6-3-11-22-17/h2-6,11-12,15H,7-10,13H2,1H3. The summed E-state index contributed by atoms with van der Waals surface area (Å²) in [5, 5.41) is 2.08. The largest absolute Gasteiger partial charge is 0.484 e. The second kappa shape index (κ2) is 6.97. The summed E-state index contributed by atoms with van der Waals surface area (Å²) in [5.41, 5.74) is 1.14. The lowest BCUT2D eigenvalue weighted by Gasteiger charge is -2.22. The third kappa shape index (κ3) is 4.10. The molecule has 0 unspecified atom stereocenters. The molecule has 0 aliphatic heterocycles. The first-order chi connectivity index (χ1) is 10.7. The lowest BCUT2D eigenvalue weighted by Crippen LogP contribution is -2.38. The van der Waals surface area contributed by atoms with Crippen molar-refractivity contribution in [1.82, 2.24) is 4.90 Å². The number of rotatable bonds is 7. The van der Waals surface area contributed by atoms with E-state index in [1.54, 1.807) is 11.3 Å². The Morgan fingerprint density at radius 3 is 2.86 bits per heavy atom. The van der Waals surface area contributed by atoms with Crippen LogP contribution in [0.4, 0.5) is 0 Å². The maximum absolute atomic E-state index is 12.4. The molecule has 1 amide bonds. The number of ether oxygens (including phenoxy) is 1. The SMILES string of the molecule is Cc1cccc(OCC(=O)N(CCc2cccs2)C2CC2)c1. The minimum atomic E-state index is 0.0977. The van der Waals surface area contributed by atoms with Crippen LogP contribution in [0.1, 0.15) is 23.3 Å². The highest BCUT2D eigenvalue weighted by Crippen LogP contribution is 2.27. The molecule has 1 aromatic carbocycles. The quantitative estimate of drug-likeness (QED) is 0.780. The van der Waals surface area contributed by atoms with Crippen LogP contribution in [0.15, 0.2) is 41.8 Å². The van der Waals surface area contributed by atoms with E-state index in [0.717, 1.165) is 37.1 Å². The van der Waals surface area contributed by atoms with Crippen LogP contribution in [-0.2, 0) is 11.2 Å². The van der Waals surface area contributed by atoms with Crippen molar-refractivity contribution in [3.63, 3.8) is 0 Å². The first-order valence-electron chi connectivity index (χ1n) is 7.74. The first kappa shape index (κ1) is 15.1. The lowest BCUT2D eigenvalue weighted by atomic mass is 10.2. The van der Waals surface area contributed by atoms with E-state index in [0.29, 0.717) is 6.04 Å². The molecule has 1 heterocycles. The minimum absolute atomic E-state index is 0.0977. The zero-order valence-corrected chi connectivity index (χ0v) is 13.6. The zero-order chi connectivity index (χ0) is 15.4. The molecule has 0 radical (unpaired) electrons. The molecule has 1 saturated carbocycles. The average Bonchev–Trinajstić information content (AvgIpc) is 3.21. The van der Waals surface area contributed by atoms with Crippen molar-refractivity contribution in [2.45, 2.75) is 32.2 Å². The van der Waals surface area contributed by atoms with E-state index >= 15 is 0 Å². The summed E-state index contributed by atoms with van der Waals surface area (Å²) in [6.45, 7) is 2.94. The Morgan fingerprint density at radius 2 is 2.18 bits per heavy atom. The van der Waals surface area contributed by atoms with Gasteiger partial charge in [-0.15, -0.1) is 11.3 Å². The van der Waals surface area contributed by atoms with Crippen LogP contribution >= 0.6 is 11.3 Å². The van der Waals surface area contributed by atoms with Crippen LogP contribution in [0.5, 0.6) is 5.75 Å². The summed E-state index contributed by atoms with van der Waals surface area (Å²) >= 11 is 1.75. The van der Waals surface area contributed by atoms with Gasteiger partial charge >= 0.3 is 0 Å². The summed E-state index contributed by atoms with van der Waals surface area (Å²) in [6, 6.07) is 12.4. The smallest absolute Gasteiger partial charge is 0.260 e. The third-order valence-corrected chi connectivity index (χ3v) is 4.78. The number of carbonyl (C=O) groups is 1. The van der Waals surface area contributed by atoms with Crippen LogP contribution in [0.2, 0.25) is 0 Å². The normalized spacial score (nSPS) is 13.9. The van der Waals surface area contributed by atoms with Gasteiger partial charge in [-0.25, -0.2) is 0 Å². The van der Waals surface area contributed by atoms with Crippen molar-refractivity contribution in [3.05, 3.63) is 52.2 Å². The highest BCUT2D eigenvalue weighted by molar-refractivity contribution is 7.09. The predicted molar refractivity (Wildman–Crippen MR) is 89.4 cm³/mol. The van der Waals surface area contributed by atoms with Gasteiger partial charge in [0, 0.05) is 17.5 Å². The number of aryl methyl sites for hydroxylation is 1. The number of amides is 1. The summed E-state index contributed by atoms with van der Waals surface area (Å²) in [4.78, 5) is 15.8. The van der Waals surface area contributed by atoms with Gasteiger partial charge in [-0.05, 0) is 55.3 Å². The van der Waals surface area contributed by atoms with Gasteiger partial charge in [-0.3, -0.25) is 4.79 Å². The van der Waals surface area contributed by atoms with Gasteiger partial charge in [-0.1, -0.05) is 18.2 Å². The molecule has 116 valence electrons. The summed E-state index contributed by atoms with van der Waals surface area (Å²) < 4.78 is 5.66. The number of hydrogen-bond acceptors (Lipinski definition) is 3. The monoisotopic (exact) mass is 315 g/mol. The molecule has 0 saturated heterocycles. The Bertz CT molecular complexity index is 620. The van der Waals surface area contributed by atoms with Crippen molar-refractivity contribution >= 4 is 17.2 Å². The maximum atomic E-state index is 12.4. The molecule has 0 bridgehead atoms.